The first-order chi connectivity index (χ1) is 7.19. The predicted octanol–water partition coefficient (Wildman–Crippen LogP) is 3.76. The van der Waals surface area contributed by atoms with Crippen LogP contribution in [-0.4, -0.2) is 19.0 Å². The van der Waals surface area contributed by atoms with Gasteiger partial charge in [-0.15, -0.1) is 0 Å². The van der Waals surface area contributed by atoms with Gasteiger partial charge in [0.05, 0.1) is 0 Å². The quantitative estimate of drug-likeness (QED) is 0.741. The van der Waals surface area contributed by atoms with Gasteiger partial charge in [0, 0.05) is 19.0 Å². The summed E-state index contributed by atoms with van der Waals surface area (Å²) in [5.41, 5.74) is 2.72. The first kappa shape index (κ1) is 12.7. The van der Waals surface area contributed by atoms with Gasteiger partial charge in [0.15, 0.2) is 0 Å². The van der Waals surface area contributed by atoms with Crippen LogP contribution in [0.1, 0.15) is 24.0 Å². The first-order valence-corrected chi connectivity index (χ1v) is 6.42. The molecule has 0 fully saturated rings. The second-order valence-electron chi connectivity index (χ2n) is 4.11. The molecule has 0 aliphatic rings. The molecule has 15 heavy (non-hydrogen) atoms. The molecule has 1 nitrogen and oxygen atoms in total. The number of benzene rings is 1. The van der Waals surface area contributed by atoms with E-state index in [-0.39, 0.29) is 0 Å². The molecule has 2 unspecified atom stereocenters. The Morgan fingerprint density at radius 1 is 1.40 bits per heavy atom. The number of ether oxygens (including phenoxy) is 1. The molecule has 1 rings (SSSR count). The zero-order chi connectivity index (χ0) is 11.3. The lowest BCUT2D eigenvalue weighted by Gasteiger charge is -2.22. The summed E-state index contributed by atoms with van der Waals surface area (Å²) >= 11 is 3.59. The van der Waals surface area contributed by atoms with Crippen LogP contribution < -0.4 is 0 Å². The van der Waals surface area contributed by atoms with E-state index in [1.54, 1.807) is 7.11 Å². The van der Waals surface area contributed by atoms with Crippen LogP contribution in [0.2, 0.25) is 0 Å². The highest BCUT2D eigenvalue weighted by molar-refractivity contribution is 9.09. The van der Waals surface area contributed by atoms with Crippen LogP contribution in [-0.2, 0) is 4.74 Å². The van der Waals surface area contributed by atoms with E-state index in [1.165, 1.54) is 11.1 Å². The SMILES string of the molecule is COCC(C)C(CBr)c1cccc(C)c1. The molecule has 0 bridgehead atoms. The maximum atomic E-state index is 5.22. The van der Waals surface area contributed by atoms with Crippen molar-refractivity contribution in [2.75, 3.05) is 19.0 Å². The number of hydrogen-bond donors (Lipinski definition) is 0. The van der Waals surface area contributed by atoms with Crippen molar-refractivity contribution in [1.29, 1.82) is 0 Å². The topological polar surface area (TPSA) is 9.23 Å². The fraction of sp³-hybridized carbons (Fsp3) is 0.538. The average molecular weight is 271 g/mol. The Labute approximate surface area is 101 Å². The lowest BCUT2D eigenvalue weighted by atomic mass is 9.89. The van der Waals surface area contributed by atoms with Gasteiger partial charge in [-0.25, -0.2) is 0 Å². The van der Waals surface area contributed by atoms with E-state index in [0.717, 1.165) is 11.9 Å². The second-order valence-corrected chi connectivity index (χ2v) is 4.76. The lowest BCUT2D eigenvalue weighted by molar-refractivity contribution is 0.150. The summed E-state index contributed by atoms with van der Waals surface area (Å²) in [4.78, 5) is 0. The van der Waals surface area contributed by atoms with E-state index in [9.17, 15) is 0 Å². The molecule has 1 aromatic rings. The minimum atomic E-state index is 0.532. The first-order valence-electron chi connectivity index (χ1n) is 5.30. The fourth-order valence-electron chi connectivity index (χ4n) is 1.85. The Bertz CT molecular complexity index is 298. The van der Waals surface area contributed by atoms with E-state index in [4.69, 9.17) is 4.74 Å². The standard InChI is InChI=1S/C13H19BrO/c1-10-5-4-6-12(7-10)13(8-14)11(2)9-15-3/h4-7,11,13H,8-9H2,1-3H3. The zero-order valence-corrected chi connectivity index (χ0v) is 11.3. The molecule has 0 aromatic heterocycles. The van der Waals surface area contributed by atoms with Crippen molar-refractivity contribution in [2.24, 2.45) is 5.92 Å². The summed E-state index contributed by atoms with van der Waals surface area (Å²) in [7, 11) is 1.76. The van der Waals surface area contributed by atoms with Crippen LogP contribution >= 0.6 is 15.9 Å². The summed E-state index contributed by atoms with van der Waals surface area (Å²) in [5, 5.41) is 0.987. The van der Waals surface area contributed by atoms with E-state index in [2.05, 4.69) is 54.0 Å². The molecular formula is C13H19BrO. The monoisotopic (exact) mass is 270 g/mol. The number of halogens is 1. The third-order valence-electron chi connectivity index (χ3n) is 2.75. The zero-order valence-electron chi connectivity index (χ0n) is 9.66. The van der Waals surface area contributed by atoms with Gasteiger partial charge in [-0.05, 0) is 24.3 Å². The highest BCUT2D eigenvalue weighted by Crippen LogP contribution is 2.27. The van der Waals surface area contributed by atoms with Crippen molar-refractivity contribution >= 4 is 15.9 Å². The molecule has 0 aliphatic heterocycles. The van der Waals surface area contributed by atoms with E-state index in [0.29, 0.717) is 11.8 Å². The smallest absolute Gasteiger partial charge is 0.0493 e. The Hall–Kier alpha value is -0.340. The molecule has 0 spiro atoms. The molecule has 2 atom stereocenters. The maximum absolute atomic E-state index is 5.22. The van der Waals surface area contributed by atoms with Gasteiger partial charge >= 0.3 is 0 Å². The average Bonchev–Trinajstić information content (AvgIpc) is 2.19. The van der Waals surface area contributed by atoms with Gasteiger partial charge in [-0.2, -0.15) is 0 Å². The van der Waals surface area contributed by atoms with Crippen molar-refractivity contribution in [3.8, 4) is 0 Å². The maximum Gasteiger partial charge on any atom is 0.0493 e. The van der Waals surface area contributed by atoms with Crippen LogP contribution in [0.15, 0.2) is 24.3 Å². The van der Waals surface area contributed by atoms with Crippen molar-refractivity contribution in [3.05, 3.63) is 35.4 Å². The van der Waals surface area contributed by atoms with Crippen LogP contribution in [0.3, 0.4) is 0 Å². The highest BCUT2D eigenvalue weighted by atomic mass is 79.9. The van der Waals surface area contributed by atoms with Crippen molar-refractivity contribution in [3.63, 3.8) is 0 Å². The van der Waals surface area contributed by atoms with Gasteiger partial charge in [0.25, 0.3) is 0 Å². The molecule has 0 amide bonds. The van der Waals surface area contributed by atoms with Crippen molar-refractivity contribution in [1.82, 2.24) is 0 Å². The van der Waals surface area contributed by atoms with Gasteiger partial charge < -0.3 is 4.74 Å². The third-order valence-corrected chi connectivity index (χ3v) is 3.45. The fourth-order valence-corrected chi connectivity index (χ4v) is 2.86. The predicted molar refractivity (Wildman–Crippen MR) is 68.8 cm³/mol. The Kier molecular flexibility index (Phi) is 5.34. The van der Waals surface area contributed by atoms with Crippen LogP contribution in [0.25, 0.3) is 0 Å². The van der Waals surface area contributed by atoms with Crippen molar-refractivity contribution in [2.45, 2.75) is 19.8 Å². The van der Waals surface area contributed by atoms with Crippen LogP contribution in [0.4, 0.5) is 0 Å². The molecule has 1 aromatic carbocycles. The van der Waals surface area contributed by atoms with E-state index in [1.807, 2.05) is 0 Å². The molecule has 84 valence electrons. The Balaban J connectivity index is 2.82. The number of aryl methyl sites for hydroxylation is 1. The summed E-state index contributed by atoms with van der Waals surface area (Å²) in [5.74, 6) is 1.07. The lowest BCUT2D eigenvalue weighted by Crippen LogP contribution is -2.16. The molecule has 0 saturated heterocycles. The normalized spacial score (nSPS) is 14.9. The molecule has 0 aliphatic carbocycles. The number of alkyl halides is 1. The van der Waals surface area contributed by atoms with Gasteiger partial charge in [0.1, 0.15) is 0 Å². The largest absolute Gasteiger partial charge is 0.384 e. The molecular weight excluding hydrogens is 252 g/mol. The molecule has 0 N–H and O–H groups in total. The van der Waals surface area contributed by atoms with Gasteiger partial charge in [-0.3, -0.25) is 0 Å². The minimum absolute atomic E-state index is 0.532. The summed E-state index contributed by atoms with van der Waals surface area (Å²) in [6.45, 7) is 5.18. The number of methoxy groups -OCH3 is 1. The number of rotatable bonds is 5. The van der Waals surface area contributed by atoms with Crippen LogP contribution in [0, 0.1) is 12.8 Å². The van der Waals surface area contributed by atoms with Crippen LogP contribution in [0.5, 0.6) is 0 Å². The number of hydrogen-bond acceptors (Lipinski definition) is 1. The van der Waals surface area contributed by atoms with Gasteiger partial charge in [0.2, 0.25) is 0 Å². The molecule has 0 heterocycles. The Morgan fingerprint density at radius 2 is 2.13 bits per heavy atom. The minimum Gasteiger partial charge on any atom is -0.384 e. The van der Waals surface area contributed by atoms with Crippen molar-refractivity contribution < 1.29 is 4.74 Å². The van der Waals surface area contributed by atoms with E-state index < -0.39 is 0 Å². The summed E-state index contributed by atoms with van der Waals surface area (Å²) in [6.07, 6.45) is 0. The third kappa shape index (κ3) is 3.62. The Morgan fingerprint density at radius 3 is 2.67 bits per heavy atom. The molecule has 0 radical (unpaired) electrons. The summed E-state index contributed by atoms with van der Waals surface area (Å²) < 4.78 is 5.22. The molecule has 0 saturated carbocycles. The second kappa shape index (κ2) is 6.29. The summed E-state index contributed by atoms with van der Waals surface area (Å²) in [6, 6.07) is 8.72. The van der Waals surface area contributed by atoms with Gasteiger partial charge in [-0.1, -0.05) is 52.7 Å². The molecule has 2 heteroatoms. The van der Waals surface area contributed by atoms with E-state index >= 15 is 0 Å². The highest BCUT2D eigenvalue weighted by Gasteiger charge is 2.17.